The molecule has 0 aliphatic rings. The number of amides is 2. The van der Waals surface area contributed by atoms with Crippen molar-refractivity contribution in [2.75, 3.05) is 16.4 Å². The van der Waals surface area contributed by atoms with E-state index < -0.39 is 0 Å². The van der Waals surface area contributed by atoms with Crippen LogP contribution in [0.1, 0.15) is 21.5 Å². The Bertz CT molecular complexity index is 967. The van der Waals surface area contributed by atoms with Crippen molar-refractivity contribution in [3.8, 4) is 0 Å². The van der Waals surface area contributed by atoms with Gasteiger partial charge in [0, 0.05) is 21.8 Å². The van der Waals surface area contributed by atoms with E-state index in [9.17, 15) is 9.59 Å². The Kier molecular flexibility index (Phi) is 6.50. The molecular formula is C23H22N2O2S. The van der Waals surface area contributed by atoms with Crippen LogP contribution in [0, 0.1) is 13.8 Å². The molecule has 0 aliphatic heterocycles. The van der Waals surface area contributed by atoms with Gasteiger partial charge in [-0.15, -0.1) is 11.8 Å². The van der Waals surface area contributed by atoms with E-state index >= 15 is 0 Å². The molecule has 4 nitrogen and oxygen atoms in total. The van der Waals surface area contributed by atoms with Crippen LogP contribution in [0.25, 0.3) is 0 Å². The summed E-state index contributed by atoms with van der Waals surface area (Å²) in [6.07, 6.45) is 0. The van der Waals surface area contributed by atoms with Gasteiger partial charge in [-0.3, -0.25) is 9.59 Å². The maximum Gasteiger partial charge on any atom is 0.255 e. The zero-order valence-electron chi connectivity index (χ0n) is 15.9. The number of hydrogen-bond acceptors (Lipinski definition) is 3. The van der Waals surface area contributed by atoms with E-state index in [1.807, 2.05) is 86.6 Å². The van der Waals surface area contributed by atoms with Gasteiger partial charge in [0.2, 0.25) is 5.91 Å². The van der Waals surface area contributed by atoms with Gasteiger partial charge in [-0.2, -0.15) is 0 Å². The molecule has 142 valence electrons. The zero-order valence-corrected chi connectivity index (χ0v) is 16.7. The van der Waals surface area contributed by atoms with Gasteiger partial charge >= 0.3 is 0 Å². The van der Waals surface area contributed by atoms with Gasteiger partial charge in [0.25, 0.3) is 5.91 Å². The van der Waals surface area contributed by atoms with Crippen molar-refractivity contribution in [2.24, 2.45) is 0 Å². The van der Waals surface area contributed by atoms with Crippen LogP contribution in [-0.2, 0) is 4.79 Å². The maximum atomic E-state index is 12.4. The predicted octanol–water partition coefficient (Wildman–Crippen LogP) is 5.29. The molecule has 3 rings (SSSR count). The largest absolute Gasteiger partial charge is 0.325 e. The molecule has 0 aliphatic carbocycles. The van der Waals surface area contributed by atoms with Gasteiger partial charge in [0.05, 0.1) is 5.75 Å². The first-order valence-corrected chi connectivity index (χ1v) is 9.96. The second-order valence-corrected chi connectivity index (χ2v) is 7.55. The number of hydrogen-bond donors (Lipinski definition) is 2. The highest BCUT2D eigenvalue weighted by Crippen LogP contribution is 2.21. The smallest absolute Gasteiger partial charge is 0.255 e. The number of carbonyl (C=O) groups is 2. The van der Waals surface area contributed by atoms with E-state index in [1.54, 1.807) is 0 Å². The molecule has 2 amide bonds. The molecule has 0 heterocycles. The molecule has 5 heteroatoms. The number of carbonyl (C=O) groups excluding carboxylic acids is 2. The Morgan fingerprint density at radius 1 is 0.786 bits per heavy atom. The summed E-state index contributed by atoms with van der Waals surface area (Å²) < 4.78 is 0. The van der Waals surface area contributed by atoms with Gasteiger partial charge in [0.1, 0.15) is 0 Å². The molecule has 0 fully saturated rings. The van der Waals surface area contributed by atoms with Crippen LogP contribution >= 0.6 is 11.8 Å². The minimum Gasteiger partial charge on any atom is -0.325 e. The first-order valence-electron chi connectivity index (χ1n) is 8.97. The standard InChI is InChI=1S/C23H22N2O2S/c1-16-7-9-18(10-8-16)24-22(26)15-28-20-13-11-19(12-14-20)25-23(27)21-6-4-3-5-17(21)2/h3-14H,15H2,1-2H3,(H,24,26)(H,25,27). The van der Waals surface area contributed by atoms with E-state index in [0.29, 0.717) is 11.3 Å². The second-order valence-electron chi connectivity index (χ2n) is 6.50. The van der Waals surface area contributed by atoms with Crippen molar-refractivity contribution in [2.45, 2.75) is 18.7 Å². The third-order valence-corrected chi connectivity index (χ3v) is 5.22. The minimum atomic E-state index is -0.129. The van der Waals surface area contributed by atoms with Crippen molar-refractivity contribution in [1.82, 2.24) is 0 Å². The number of benzene rings is 3. The van der Waals surface area contributed by atoms with Gasteiger partial charge in [0.15, 0.2) is 0 Å². The molecule has 3 aromatic rings. The van der Waals surface area contributed by atoms with Crippen molar-refractivity contribution in [3.05, 3.63) is 89.5 Å². The average molecular weight is 391 g/mol. The predicted molar refractivity (Wildman–Crippen MR) is 116 cm³/mol. The SMILES string of the molecule is Cc1ccc(NC(=O)CSc2ccc(NC(=O)c3ccccc3C)cc2)cc1. The lowest BCUT2D eigenvalue weighted by molar-refractivity contribution is -0.113. The summed E-state index contributed by atoms with van der Waals surface area (Å²) in [5, 5.41) is 5.78. The van der Waals surface area contributed by atoms with Crippen molar-refractivity contribution in [3.63, 3.8) is 0 Å². The summed E-state index contributed by atoms with van der Waals surface area (Å²) in [5.41, 5.74) is 4.27. The lowest BCUT2D eigenvalue weighted by Crippen LogP contribution is -2.14. The number of anilines is 2. The highest BCUT2D eigenvalue weighted by atomic mass is 32.2. The minimum absolute atomic E-state index is 0.0502. The normalized spacial score (nSPS) is 10.4. The summed E-state index contributed by atoms with van der Waals surface area (Å²) in [4.78, 5) is 25.4. The third-order valence-electron chi connectivity index (χ3n) is 4.21. The summed E-state index contributed by atoms with van der Waals surface area (Å²) in [5.74, 6) is 0.143. The van der Waals surface area contributed by atoms with Crippen LogP contribution in [0.5, 0.6) is 0 Å². The molecule has 0 saturated carbocycles. The van der Waals surface area contributed by atoms with Crippen molar-refractivity contribution < 1.29 is 9.59 Å². The van der Waals surface area contributed by atoms with E-state index in [-0.39, 0.29) is 11.8 Å². The van der Waals surface area contributed by atoms with Gasteiger partial charge in [-0.1, -0.05) is 35.9 Å². The Hall–Kier alpha value is -3.05. The van der Waals surface area contributed by atoms with Crippen LogP contribution in [0.15, 0.2) is 77.7 Å². The third kappa shape index (κ3) is 5.47. The summed E-state index contributed by atoms with van der Waals surface area (Å²) in [7, 11) is 0. The molecule has 0 unspecified atom stereocenters. The van der Waals surface area contributed by atoms with Crippen LogP contribution in [0.2, 0.25) is 0 Å². The van der Waals surface area contributed by atoms with E-state index in [0.717, 1.165) is 27.4 Å². The fourth-order valence-corrected chi connectivity index (χ4v) is 3.34. The monoisotopic (exact) mass is 390 g/mol. The highest BCUT2D eigenvalue weighted by molar-refractivity contribution is 8.00. The van der Waals surface area contributed by atoms with Crippen LogP contribution < -0.4 is 10.6 Å². The molecule has 0 atom stereocenters. The van der Waals surface area contributed by atoms with Crippen molar-refractivity contribution >= 4 is 35.0 Å². The Balaban J connectivity index is 1.51. The zero-order chi connectivity index (χ0) is 19.9. The van der Waals surface area contributed by atoms with Crippen molar-refractivity contribution in [1.29, 1.82) is 0 Å². The molecule has 28 heavy (non-hydrogen) atoms. The van der Waals surface area contributed by atoms with Gasteiger partial charge in [-0.25, -0.2) is 0 Å². The highest BCUT2D eigenvalue weighted by Gasteiger charge is 2.09. The fraction of sp³-hybridized carbons (Fsp3) is 0.130. The van der Waals surface area contributed by atoms with Crippen LogP contribution in [0.4, 0.5) is 11.4 Å². The molecule has 2 N–H and O–H groups in total. The molecule has 0 saturated heterocycles. The summed E-state index contributed by atoms with van der Waals surface area (Å²) in [6.45, 7) is 3.92. The molecule has 0 radical (unpaired) electrons. The first-order chi connectivity index (χ1) is 13.5. The number of aryl methyl sites for hydroxylation is 2. The number of thioether (sulfide) groups is 1. The first kappa shape index (κ1) is 19.7. The van der Waals surface area contributed by atoms with Gasteiger partial charge in [-0.05, 0) is 61.9 Å². The van der Waals surface area contributed by atoms with Crippen LogP contribution in [-0.4, -0.2) is 17.6 Å². The maximum absolute atomic E-state index is 12.4. The van der Waals surface area contributed by atoms with E-state index in [1.165, 1.54) is 11.8 Å². The summed E-state index contributed by atoms with van der Waals surface area (Å²) in [6, 6.07) is 22.7. The van der Waals surface area contributed by atoms with Gasteiger partial charge < -0.3 is 10.6 Å². The molecule has 0 spiro atoms. The molecule has 0 bridgehead atoms. The number of nitrogens with one attached hydrogen (secondary N) is 2. The quantitative estimate of drug-likeness (QED) is 0.563. The van der Waals surface area contributed by atoms with Crippen LogP contribution in [0.3, 0.4) is 0 Å². The molecular weight excluding hydrogens is 368 g/mol. The Morgan fingerprint density at radius 3 is 2.07 bits per heavy atom. The topological polar surface area (TPSA) is 58.2 Å². The Morgan fingerprint density at radius 2 is 1.39 bits per heavy atom. The lowest BCUT2D eigenvalue weighted by atomic mass is 10.1. The second kappa shape index (κ2) is 9.24. The molecule has 0 aromatic heterocycles. The number of rotatable bonds is 6. The fourth-order valence-electron chi connectivity index (χ4n) is 2.64. The summed E-state index contributed by atoms with van der Waals surface area (Å²) >= 11 is 1.45. The Labute approximate surface area is 169 Å². The van der Waals surface area contributed by atoms with E-state index in [4.69, 9.17) is 0 Å². The lowest BCUT2D eigenvalue weighted by Gasteiger charge is -2.09. The average Bonchev–Trinajstić information content (AvgIpc) is 2.69. The van der Waals surface area contributed by atoms with E-state index in [2.05, 4.69) is 10.6 Å². The molecule has 3 aromatic carbocycles.